The fourth-order valence-electron chi connectivity index (χ4n) is 1.06. The molecule has 1 N–H and O–H groups in total. The van der Waals surface area contributed by atoms with Crippen molar-refractivity contribution in [2.24, 2.45) is 0 Å². The molecule has 1 aromatic heterocycles. The first-order chi connectivity index (χ1) is 7.96. The SMILES string of the molecule is CCS(=O)(=O)CCNc1cc(Cl)nc(SC)n1. The Kier molecular flexibility index (Phi) is 5.48. The van der Waals surface area contributed by atoms with Gasteiger partial charge in [0.1, 0.15) is 11.0 Å². The molecule has 0 aromatic carbocycles. The molecule has 96 valence electrons. The van der Waals surface area contributed by atoms with Crippen LogP contribution in [-0.4, -0.2) is 42.7 Å². The zero-order valence-electron chi connectivity index (χ0n) is 9.60. The normalized spacial score (nSPS) is 11.5. The van der Waals surface area contributed by atoms with Crippen LogP contribution in [0.3, 0.4) is 0 Å². The van der Waals surface area contributed by atoms with Crippen molar-refractivity contribution in [1.29, 1.82) is 0 Å². The quantitative estimate of drug-likeness (QED) is 0.489. The lowest BCUT2D eigenvalue weighted by Gasteiger charge is -2.06. The first-order valence-electron chi connectivity index (χ1n) is 4.99. The molecular formula is C9H14ClN3O2S2. The van der Waals surface area contributed by atoms with Crippen LogP contribution in [0.15, 0.2) is 11.2 Å². The van der Waals surface area contributed by atoms with E-state index in [0.29, 0.717) is 22.7 Å². The molecule has 0 unspecified atom stereocenters. The molecule has 0 fully saturated rings. The summed E-state index contributed by atoms with van der Waals surface area (Å²) in [6.45, 7) is 1.94. The van der Waals surface area contributed by atoms with E-state index >= 15 is 0 Å². The van der Waals surface area contributed by atoms with Gasteiger partial charge in [0, 0.05) is 18.4 Å². The van der Waals surface area contributed by atoms with Gasteiger partial charge in [0.2, 0.25) is 0 Å². The summed E-state index contributed by atoms with van der Waals surface area (Å²) in [5.41, 5.74) is 0. The van der Waals surface area contributed by atoms with Crippen LogP contribution < -0.4 is 5.32 Å². The molecule has 0 spiro atoms. The van der Waals surface area contributed by atoms with Gasteiger partial charge in [-0.15, -0.1) is 0 Å². The minimum atomic E-state index is -2.96. The van der Waals surface area contributed by atoms with E-state index in [4.69, 9.17) is 11.6 Å². The number of aromatic nitrogens is 2. The van der Waals surface area contributed by atoms with Crippen LogP contribution in [0.5, 0.6) is 0 Å². The molecule has 5 nitrogen and oxygen atoms in total. The number of hydrogen-bond donors (Lipinski definition) is 1. The highest BCUT2D eigenvalue weighted by atomic mass is 35.5. The van der Waals surface area contributed by atoms with Gasteiger partial charge in [-0.25, -0.2) is 18.4 Å². The van der Waals surface area contributed by atoms with Crippen molar-refractivity contribution in [1.82, 2.24) is 9.97 Å². The van der Waals surface area contributed by atoms with Crippen molar-refractivity contribution in [3.63, 3.8) is 0 Å². The van der Waals surface area contributed by atoms with Crippen LogP contribution in [-0.2, 0) is 9.84 Å². The largest absolute Gasteiger partial charge is 0.369 e. The minimum absolute atomic E-state index is 0.0831. The van der Waals surface area contributed by atoms with Crippen LogP contribution in [0, 0.1) is 0 Å². The minimum Gasteiger partial charge on any atom is -0.369 e. The summed E-state index contributed by atoms with van der Waals surface area (Å²) in [7, 11) is -2.96. The predicted molar refractivity (Wildman–Crippen MR) is 71.6 cm³/mol. The first-order valence-corrected chi connectivity index (χ1v) is 8.42. The molecule has 0 saturated heterocycles. The molecule has 0 aliphatic rings. The van der Waals surface area contributed by atoms with Gasteiger partial charge < -0.3 is 5.32 Å². The molecule has 17 heavy (non-hydrogen) atoms. The molecule has 1 heterocycles. The zero-order chi connectivity index (χ0) is 12.9. The summed E-state index contributed by atoms with van der Waals surface area (Å²) in [6.07, 6.45) is 1.84. The smallest absolute Gasteiger partial charge is 0.190 e. The van der Waals surface area contributed by atoms with Crippen molar-refractivity contribution < 1.29 is 8.42 Å². The fraction of sp³-hybridized carbons (Fsp3) is 0.556. The number of anilines is 1. The van der Waals surface area contributed by atoms with Crippen LogP contribution in [0.2, 0.25) is 5.15 Å². The van der Waals surface area contributed by atoms with E-state index < -0.39 is 9.84 Å². The Bertz CT molecular complexity index is 479. The molecule has 8 heteroatoms. The van der Waals surface area contributed by atoms with Crippen molar-refractivity contribution in [3.8, 4) is 0 Å². The molecule has 0 aliphatic heterocycles. The molecule has 0 saturated carbocycles. The number of sulfone groups is 1. The Hall–Kier alpha value is -0.530. The molecule has 0 aliphatic carbocycles. The van der Waals surface area contributed by atoms with Crippen molar-refractivity contribution >= 4 is 39.0 Å². The zero-order valence-corrected chi connectivity index (χ0v) is 12.0. The topological polar surface area (TPSA) is 72.0 Å². The molecule has 1 rings (SSSR count). The number of nitrogens with zero attached hydrogens (tertiary/aromatic N) is 2. The third-order valence-corrected chi connectivity index (χ3v) is 4.46. The standard InChI is InChI=1S/C9H14ClN3O2S2/c1-3-17(14,15)5-4-11-8-6-7(10)12-9(13-8)16-2/h6H,3-5H2,1-2H3,(H,11,12,13). The maximum atomic E-state index is 11.3. The van der Waals surface area contributed by atoms with Gasteiger partial charge in [-0.1, -0.05) is 30.3 Å². The summed E-state index contributed by atoms with van der Waals surface area (Å²) < 4.78 is 22.6. The number of halogens is 1. The molecule has 1 aromatic rings. The van der Waals surface area contributed by atoms with E-state index in [-0.39, 0.29) is 11.5 Å². The Balaban J connectivity index is 2.61. The third-order valence-electron chi connectivity index (χ3n) is 2.02. The van der Waals surface area contributed by atoms with Crippen LogP contribution >= 0.6 is 23.4 Å². The second kappa shape index (κ2) is 6.42. The number of hydrogen-bond acceptors (Lipinski definition) is 6. The second-order valence-corrected chi connectivity index (χ2v) is 6.86. The van der Waals surface area contributed by atoms with Crippen LogP contribution in [0.1, 0.15) is 6.92 Å². The van der Waals surface area contributed by atoms with Gasteiger partial charge >= 0.3 is 0 Å². The van der Waals surface area contributed by atoms with Gasteiger partial charge in [0.05, 0.1) is 5.75 Å². The van der Waals surface area contributed by atoms with Gasteiger partial charge in [-0.05, 0) is 6.26 Å². The van der Waals surface area contributed by atoms with E-state index in [1.807, 2.05) is 6.26 Å². The second-order valence-electron chi connectivity index (χ2n) is 3.23. The van der Waals surface area contributed by atoms with E-state index in [9.17, 15) is 8.42 Å². The maximum Gasteiger partial charge on any atom is 0.190 e. The lowest BCUT2D eigenvalue weighted by atomic mass is 10.5. The fourth-order valence-corrected chi connectivity index (χ4v) is 2.37. The third kappa shape index (κ3) is 5.10. The van der Waals surface area contributed by atoms with Crippen molar-refractivity contribution in [2.75, 3.05) is 29.6 Å². The summed E-state index contributed by atoms with van der Waals surface area (Å²) >= 11 is 7.18. The van der Waals surface area contributed by atoms with Crippen LogP contribution in [0.25, 0.3) is 0 Å². The van der Waals surface area contributed by atoms with Crippen molar-refractivity contribution in [2.45, 2.75) is 12.1 Å². The number of thioether (sulfide) groups is 1. The monoisotopic (exact) mass is 295 g/mol. The Morgan fingerprint density at radius 2 is 2.18 bits per heavy atom. The van der Waals surface area contributed by atoms with Gasteiger partial charge in [0.15, 0.2) is 15.0 Å². The molecule has 0 radical (unpaired) electrons. The highest BCUT2D eigenvalue weighted by molar-refractivity contribution is 7.98. The van der Waals surface area contributed by atoms with Gasteiger partial charge in [-0.3, -0.25) is 0 Å². The average Bonchev–Trinajstić information content (AvgIpc) is 2.28. The first kappa shape index (κ1) is 14.5. The van der Waals surface area contributed by atoms with Gasteiger partial charge in [-0.2, -0.15) is 0 Å². The van der Waals surface area contributed by atoms with Crippen LogP contribution in [0.4, 0.5) is 5.82 Å². The maximum absolute atomic E-state index is 11.3. The van der Waals surface area contributed by atoms with Crippen molar-refractivity contribution in [3.05, 3.63) is 11.2 Å². The number of nitrogens with one attached hydrogen (secondary N) is 1. The molecule has 0 bridgehead atoms. The van der Waals surface area contributed by atoms with E-state index in [0.717, 1.165) is 0 Å². The summed E-state index contributed by atoms with van der Waals surface area (Å²) in [6, 6.07) is 1.57. The lowest BCUT2D eigenvalue weighted by molar-refractivity contribution is 0.597. The van der Waals surface area contributed by atoms with E-state index in [1.165, 1.54) is 11.8 Å². The summed E-state index contributed by atoms with van der Waals surface area (Å²) in [5.74, 6) is 0.773. The number of rotatable bonds is 6. The van der Waals surface area contributed by atoms with E-state index in [1.54, 1.807) is 13.0 Å². The average molecular weight is 296 g/mol. The van der Waals surface area contributed by atoms with E-state index in [2.05, 4.69) is 15.3 Å². The molecular weight excluding hydrogens is 282 g/mol. The molecule has 0 amide bonds. The Labute approximate surface area is 110 Å². The van der Waals surface area contributed by atoms with Gasteiger partial charge in [0.25, 0.3) is 0 Å². The lowest BCUT2D eigenvalue weighted by Crippen LogP contribution is -2.17. The Morgan fingerprint density at radius 3 is 2.76 bits per heavy atom. The molecule has 0 atom stereocenters. The Morgan fingerprint density at radius 1 is 1.47 bits per heavy atom. The summed E-state index contributed by atoms with van der Waals surface area (Å²) in [5, 5.41) is 3.81. The predicted octanol–water partition coefficient (Wildman–Crippen LogP) is 1.70. The summed E-state index contributed by atoms with van der Waals surface area (Å²) in [4.78, 5) is 8.14. The highest BCUT2D eigenvalue weighted by Gasteiger charge is 2.07. The highest BCUT2D eigenvalue weighted by Crippen LogP contribution is 2.16.